The fraction of sp³-hybridized carbons (Fsp3) is 0.600. The van der Waals surface area contributed by atoms with Gasteiger partial charge in [0.2, 0.25) is 0 Å². The van der Waals surface area contributed by atoms with Crippen molar-refractivity contribution in [3.05, 3.63) is 29.0 Å². The monoisotopic (exact) mass is 284 g/mol. The summed E-state index contributed by atoms with van der Waals surface area (Å²) in [5.74, 6) is 0.319. The standard InChI is InChI=1S/C15H22ClFN2/c1-10(2)6-12-9-19(11(3)8-18-12)13-4-5-14(16)15(17)7-13/h4-5,7,10-12,18H,6,8-9H2,1-3H3. The number of hydrogen-bond donors (Lipinski definition) is 1. The molecule has 0 bridgehead atoms. The van der Waals surface area contributed by atoms with Gasteiger partial charge in [0.15, 0.2) is 0 Å². The van der Waals surface area contributed by atoms with Crippen molar-refractivity contribution in [2.24, 2.45) is 5.92 Å². The van der Waals surface area contributed by atoms with E-state index in [0.717, 1.165) is 25.2 Å². The van der Waals surface area contributed by atoms with Gasteiger partial charge in [0.25, 0.3) is 0 Å². The molecule has 0 aliphatic carbocycles. The zero-order chi connectivity index (χ0) is 14.0. The summed E-state index contributed by atoms with van der Waals surface area (Å²) in [6.07, 6.45) is 1.14. The summed E-state index contributed by atoms with van der Waals surface area (Å²) in [7, 11) is 0. The summed E-state index contributed by atoms with van der Waals surface area (Å²) >= 11 is 5.75. The minimum absolute atomic E-state index is 0.185. The number of nitrogens with zero attached hydrogens (tertiary/aromatic N) is 1. The van der Waals surface area contributed by atoms with E-state index in [-0.39, 0.29) is 10.8 Å². The van der Waals surface area contributed by atoms with E-state index in [9.17, 15) is 4.39 Å². The summed E-state index contributed by atoms with van der Waals surface area (Å²) in [6.45, 7) is 8.46. The molecule has 1 heterocycles. The molecule has 2 unspecified atom stereocenters. The minimum atomic E-state index is -0.342. The van der Waals surface area contributed by atoms with Crippen molar-refractivity contribution in [2.45, 2.75) is 39.3 Å². The molecular weight excluding hydrogens is 263 g/mol. The van der Waals surface area contributed by atoms with Crippen molar-refractivity contribution in [1.82, 2.24) is 5.32 Å². The molecule has 0 saturated carbocycles. The lowest BCUT2D eigenvalue weighted by Crippen LogP contribution is -2.56. The van der Waals surface area contributed by atoms with Crippen LogP contribution in [0.25, 0.3) is 0 Å². The molecule has 2 nitrogen and oxygen atoms in total. The van der Waals surface area contributed by atoms with E-state index in [0.29, 0.717) is 18.0 Å². The fourth-order valence-electron chi connectivity index (χ4n) is 2.68. The average Bonchev–Trinajstić information content (AvgIpc) is 2.34. The number of hydrogen-bond acceptors (Lipinski definition) is 2. The molecule has 1 fully saturated rings. The first-order valence-corrected chi connectivity index (χ1v) is 7.30. The second-order valence-electron chi connectivity index (χ2n) is 5.83. The minimum Gasteiger partial charge on any atom is -0.366 e. The lowest BCUT2D eigenvalue weighted by Gasteiger charge is -2.41. The van der Waals surface area contributed by atoms with E-state index in [1.165, 1.54) is 6.07 Å². The average molecular weight is 285 g/mol. The molecule has 19 heavy (non-hydrogen) atoms. The van der Waals surface area contributed by atoms with Crippen LogP contribution in [0.5, 0.6) is 0 Å². The zero-order valence-corrected chi connectivity index (χ0v) is 12.5. The molecule has 1 N–H and O–H groups in total. The Hall–Kier alpha value is -0.800. The van der Waals surface area contributed by atoms with Crippen LogP contribution in [0, 0.1) is 11.7 Å². The van der Waals surface area contributed by atoms with Gasteiger partial charge in [-0.15, -0.1) is 0 Å². The maximum atomic E-state index is 13.6. The van der Waals surface area contributed by atoms with Crippen LogP contribution >= 0.6 is 11.6 Å². The van der Waals surface area contributed by atoms with Gasteiger partial charge in [0.05, 0.1) is 5.02 Å². The topological polar surface area (TPSA) is 15.3 Å². The largest absolute Gasteiger partial charge is 0.366 e. The molecule has 1 aromatic carbocycles. The molecule has 0 radical (unpaired) electrons. The second-order valence-corrected chi connectivity index (χ2v) is 6.24. The highest BCUT2D eigenvalue weighted by Gasteiger charge is 2.25. The van der Waals surface area contributed by atoms with Crippen molar-refractivity contribution < 1.29 is 4.39 Å². The molecule has 1 saturated heterocycles. The van der Waals surface area contributed by atoms with E-state index in [4.69, 9.17) is 11.6 Å². The molecule has 0 aromatic heterocycles. The molecule has 1 aliphatic rings. The molecule has 2 atom stereocenters. The van der Waals surface area contributed by atoms with Crippen LogP contribution in [0.1, 0.15) is 27.2 Å². The van der Waals surface area contributed by atoms with Gasteiger partial charge in [-0.3, -0.25) is 0 Å². The Balaban J connectivity index is 2.14. The van der Waals surface area contributed by atoms with Gasteiger partial charge in [0, 0.05) is 30.9 Å². The van der Waals surface area contributed by atoms with Gasteiger partial charge in [-0.05, 0) is 37.5 Å². The Morgan fingerprint density at radius 3 is 2.84 bits per heavy atom. The van der Waals surface area contributed by atoms with Gasteiger partial charge in [0.1, 0.15) is 5.82 Å². The predicted molar refractivity (Wildman–Crippen MR) is 79.5 cm³/mol. The molecule has 0 spiro atoms. The van der Waals surface area contributed by atoms with Crippen LogP contribution < -0.4 is 10.2 Å². The highest BCUT2D eigenvalue weighted by molar-refractivity contribution is 6.30. The van der Waals surface area contributed by atoms with Crippen LogP contribution in [-0.2, 0) is 0 Å². The van der Waals surface area contributed by atoms with Gasteiger partial charge < -0.3 is 10.2 Å². The molecule has 1 aliphatic heterocycles. The van der Waals surface area contributed by atoms with Crippen LogP contribution in [0.15, 0.2) is 18.2 Å². The fourth-order valence-corrected chi connectivity index (χ4v) is 2.80. The number of halogens is 2. The molecule has 2 rings (SSSR count). The lowest BCUT2D eigenvalue weighted by molar-refractivity contribution is 0.355. The summed E-state index contributed by atoms with van der Waals surface area (Å²) in [4.78, 5) is 2.27. The van der Waals surface area contributed by atoms with Crippen molar-refractivity contribution in [3.8, 4) is 0 Å². The quantitative estimate of drug-likeness (QED) is 0.911. The third-order valence-corrected chi connectivity index (χ3v) is 3.95. The number of rotatable bonds is 3. The van der Waals surface area contributed by atoms with Crippen molar-refractivity contribution in [2.75, 3.05) is 18.0 Å². The van der Waals surface area contributed by atoms with E-state index < -0.39 is 0 Å². The Bertz CT molecular complexity index is 436. The lowest BCUT2D eigenvalue weighted by atomic mass is 9.99. The Kier molecular flexibility index (Phi) is 4.69. The van der Waals surface area contributed by atoms with Crippen LogP contribution in [-0.4, -0.2) is 25.2 Å². The molecule has 1 aromatic rings. The second kappa shape index (κ2) is 6.10. The van der Waals surface area contributed by atoms with Gasteiger partial charge in [-0.1, -0.05) is 25.4 Å². The molecule has 0 amide bonds. The third-order valence-electron chi connectivity index (χ3n) is 3.64. The Labute approximate surface area is 119 Å². The van der Waals surface area contributed by atoms with Crippen LogP contribution in [0.4, 0.5) is 10.1 Å². The maximum absolute atomic E-state index is 13.6. The summed E-state index contributed by atoms with van der Waals surface area (Å²) in [5.41, 5.74) is 0.921. The van der Waals surface area contributed by atoms with E-state index in [1.807, 2.05) is 6.07 Å². The molecule has 106 valence electrons. The first-order valence-electron chi connectivity index (χ1n) is 6.92. The van der Waals surface area contributed by atoms with Gasteiger partial charge in [-0.25, -0.2) is 4.39 Å². The normalized spacial score (nSPS) is 24.0. The Morgan fingerprint density at radius 1 is 1.47 bits per heavy atom. The smallest absolute Gasteiger partial charge is 0.143 e. The number of piperazine rings is 1. The molecule has 4 heteroatoms. The van der Waals surface area contributed by atoms with Crippen molar-refractivity contribution in [1.29, 1.82) is 0 Å². The molecular formula is C15H22ClFN2. The van der Waals surface area contributed by atoms with Crippen molar-refractivity contribution in [3.63, 3.8) is 0 Å². The summed E-state index contributed by atoms with van der Waals surface area (Å²) in [6, 6.07) is 5.91. The maximum Gasteiger partial charge on any atom is 0.143 e. The Morgan fingerprint density at radius 2 is 2.21 bits per heavy atom. The zero-order valence-electron chi connectivity index (χ0n) is 11.8. The van der Waals surface area contributed by atoms with E-state index in [2.05, 4.69) is 31.0 Å². The third kappa shape index (κ3) is 3.61. The van der Waals surface area contributed by atoms with Crippen LogP contribution in [0.3, 0.4) is 0 Å². The number of nitrogens with one attached hydrogen (secondary N) is 1. The van der Waals surface area contributed by atoms with E-state index >= 15 is 0 Å². The van der Waals surface area contributed by atoms with Gasteiger partial charge >= 0.3 is 0 Å². The van der Waals surface area contributed by atoms with E-state index in [1.54, 1.807) is 6.07 Å². The SMILES string of the molecule is CC(C)CC1CN(c2ccc(Cl)c(F)c2)C(C)CN1. The summed E-state index contributed by atoms with van der Waals surface area (Å²) < 4.78 is 13.6. The van der Waals surface area contributed by atoms with Gasteiger partial charge in [-0.2, -0.15) is 0 Å². The summed E-state index contributed by atoms with van der Waals surface area (Å²) in [5, 5.41) is 3.75. The predicted octanol–water partition coefficient (Wildman–Crippen LogP) is 3.69. The van der Waals surface area contributed by atoms with Crippen LogP contribution in [0.2, 0.25) is 5.02 Å². The number of benzene rings is 1. The number of anilines is 1. The first kappa shape index (κ1) is 14.6. The first-order chi connectivity index (χ1) is 8.97. The van der Waals surface area contributed by atoms with Crippen molar-refractivity contribution >= 4 is 17.3 Å². The highest BCUT2D eigenvalue weighted by Crippen LogP contribution is 2.25. The highest BCUT2D eigenvalue weighted by atomic mass is 35.5.